The molecule has 0 aliphatic rings. The van der Waals surface area contributed by atoms with Gasteiger partial charge >= 0.3 is 45.3 Å². The van der Waals surface area contributed by atoms with Crippen LogP contribution in [0.25, 0.3) is 0 Å². The maximum atomic E-state index is 12.4. The van der Waals surface area contributed by atoms with E-state index >= 15 is 0 Å². The van der Waals surface area contributed by atoms with Gasteiger partial charge in [-0.1, -0.05) is 12.1 Å². The second-order valence-corrected chi connectivity index (χ2v) is 6.11. The Morgan fingerprint density at radius 3 is 1.14 bits per heavy atom. The molecule has 0 radical (unpaired) electrons. The van der Waals surface area contributed by atoms with Gasteiger partial charge in [0.2, 0.25) is 0 Å². The summed E-state index contributed by atoms with van der Waals surface area (Å²) in [6.45, 7) is -4.05. The largest absolute Gasteiger partial charge is 2.00 e. The molecule has 17 heteroatoms. The molecule has 0 fully saturated rings. The Morgan fingerprint density at radius 1 is 0.600 bits per heavy atom. The van der Waals surface area contributed by atoms with Crippen molar-refractivity contribution in [1.29, 1.82) is 0 Å². The maximum Gasteiger partial charge on any atom is 2.00 e. The molecule has 0 unspecified atom stereocenters. The minimum atomic E-state index is -5.58. The summed E-state index contributed by atoms with van der Waals surface area (Å²) in [7, 11) is 0. The van der Waals surface area contributed by atoms with E-state index in [0.717, 1.165) is 0 Å². The fourth-order valence-electron chi connectivity index (χ4n) is 1.72. The number of halogens is 12. The summed E-state index contributed by atoms with van der Waals surface area (Å²) >= 11 is 0. The minimum absolute atomic E-state index is 0. The van der Waals surface area contributed by atoms with Crippen LogP contribution in [0.1, 0.15) is 11.1 Å². The summed E-state index contributed by atoms with van der Waals surface area (Å²) in [6.07, 6.45) is -5.61. The molecule has 204 valence electrons. The molecule has 0 saturated heterocycles. The third-order valence-electron chi connectivity index (χ3n) is 3.38. The van der Waals surface area contributed by atoms with Crippen LogP contribution in [0.3, 0.4) is 0 Å². The molecule has 0 amide bonds. The second-order valence-electron chi connectivity index (χ2n) is 6.11. The molecule has 0 atom stereocenters. The zero-order valence-corrected chi connectivity index (χ0v) is 20.8. The van der Waals surface area contributed by atoms with Crippen LogP contribution in [0, 0.1) is 0 Å². The average Bonchev–Trinajstić information content (AvgIpc) is 2.68. The Balaban J connectivity index is -0.000000539. The van der Waals surface area contributed by atoms with Crippen LogP contribution in [0.2, 0.25) is 0 Å². The van der Waals surface area contributed by atoms with Gasteiger partial charge in [-0.3, -0.25) is 9.97 Å². The van der Waals surface area contributed by atoms with Gasteiger partial charge in [0, 0.05) is 24.8 Å². The van der Waals surface area contributed by atoms with E-state index in [1.807, 2.05) is 0 Å². The summed E-state index contributed by atoms with van der Waals surface area (Å²) in [6, 6.07) is 6.08. The Labute approximate surface area is 219 Å². The van der Waals surface area contributed by atoms with Crippen LogP contribution in [0.15, 0.2) is 49.1 Å². The minimum Gasteiger partial charge on any atom is -1.00 e. The van der Waals surface area contributed by atoms with Crippen LogP contribution >= 0.6 is 0 Å². The maximum absolute atomic E-state index is 12.4. The number of hydrogen-bond acceptors (Lipinski definition) is 4. The van der Waals surface area contributed by atoms with E-state index in [9.17, 15) is 43.9 Å². The zero-order valence-electron chi connectivity index (χ0n) is 17.0. The molecule has 0 N–H and O–H groups in total. The van der Waals surface area contributed by atoms with E-state index in [1.165, 1.54) is 49.1 Å². The molecule has 0 saturated carbocycles. The van der Waals surface area contributed by atoms with Crippen LogP contribution in [0.4, 0.5) is 43.9 Å². The van der Waals surface area contributed by atoms with Gasteiger partial charge in [-0.15, -0.1) is 0 Å². The van der Waals surface area contributed by atoms with Crippen molar-refractivity contribution >= 4 is 0 Å². The van der Waals surface area contributed by atoms with Crippen LogP contribution in [-0.4, -0.2) is 47.4 Å². The number of nitrogens with zero attached hydrogens (tertiary/aromatic N) is 2. The standard InChI is InChI=1S/2C9H8F5NO.2ClH.Pt/c2*10-8(11,9(12,13)14)6-16-5-7-2-1-3-15-4-7;;;/h2*1-4H,5-6H2;2*1H;/q;;;;+2/p-2. The Kier molecular flexibility index (Phi) is 18.1. The number of pyridine rings is 2. The van der Waals surface area contributed by atoms with E-state index in [4.69, 9.17) is 0 Å². The first-order chi connectivity index (χ1) is 14.7. The third kappa shape index (κ3) is 14.2. The van der Waals surface area contributed by atoms with Crippen molar-refractivity contribution in [2.45, 2.75) is 37.4 Å². The monoisotopic (exact) mass is 747 g/mol. The second kappa shape index (κ2) is 16.5. The molecule has 2 aromatic heterocycles. The first kappa shape index (κ1) is 38.3. The van der Waals surface area contributed by atoms with Crippen molar-refractivity contribution in [1.82, 2.24) is 9.97 Å². The van der Waals surface area contributed by atoms with Crippen molar-refractivity contribution in [3.05, 3.63) is 60.2 Å². The molecular weight excluding hydrogens is 732 g/mol. The predicted molar refractivity (Wildman–Crippen MR) is 89.8 cm³/mol. The summed E-state index contributed by atoms with van der Waals surface area (Å²) < 4.78 is 128. The molecular formula is C18H16Cl2F10N2O2Pt. The van der Waals surface area contributed by atoms with Crippen molar-refractivity contribution in [2.24, 2.45) is 0 Å². The van der Waals surface area contributed by atoms with E-state index in [1.54, 1.807) is 0 Å². The van der Waals surface area contributed by atoms with Crippen LogP contribution < -0.4 is 24.8 Å². The molecule has 4 nitrogen and oxygen atoms in total. The molecule has 0 spiro atoms. The summed E-state index contributed by atoms with van der Waals surface area (Å²) in [5, 5.41) is 0. The van der Waals surface area contributed by atoms with Gasteiger partial charge in [-0.2, -0.15) is 43.9 Å². The summed E-state index contributed by atoms with van der Waals surface area (Å²) in [4.78, 5) is 7.32. The van der Waals surface area contributed by atoms with E-state index in [-0.39, 0.29) is 59.1 Å². The molecule has 2 heterocycles. The smallest absolute Gasteiger partial charge is 1.00 e. The Bertz CT molecular complexity index is 734. The number of alkyl halides is 10. The fraction of sp³-hybridized carbons (Fsp3) is 0.444. The van der Waals surface area contributed by atoms with Gasteiger partial charge in [0.25, 0.3) is 0 Å². The van der Waals surface area contributed by atoms with E-state index in [2.05, 4.69) is 19.4 Å². The van der Waals surface area contributed by atoms with Gasteiger partial charge in [-0.25, -0.2) is 0 Å². The Hall–Kier alpha value is -1.21. The fourth-order valence-corrected chi connectivity index (χ4v) is 1.72. The number of hydrogen-bond donors (Lipinski definition) is 0. The number of rotatable bonds is 8. The van der Waals surface area contributed by atoms with Gasteiger partial charge in [0.05, 0.1) is 13.2 Å². The number of aromatic nitrogens is 2. The van der Waals surface area contributed by atoms with Gasteiger partial charge in [-0.05, 0) is 23.3 Å². The van der Waals surface area contributed by atoms with Crippen molar-refractivity contribution in [3.8, 4) is 0 Å². The topological polar surface area (TPSA) is 44.2 Å². The quantitative estimate of drug-likeness (QED) is 0.346. The molecule has 0 bridgehead atoms. The summed E-state index contributed by atoms with van der Waals surface area (Å²) in [5.74, 6) is -9.65. The van der Waals surface area contributed by atoms with Crippen LogP contribution in [0.5, 0.6) is 0 Å². The average molecular weight is 748 g/mol. The van der Waals surface area contributed by atoms with Crippen molar-refractivity contribution in [2.75, 3.05) is 13.2 Å². The van der Waals surface area contributed by atoms with Gasteiger partial charge < -0.3 is 34.3 Å². The zero-order chi connectivity index (χ0) is 24.5. The summed E-state index contributed by atoms with van der Waals surface area (Å²) in [5.41, 5.74) is 0.862. The van der Waals surface area contributed by atoms with Crippen LogP contribution in [-0.2, 0) is 43.8 Å². The molecule has 2 aromatic rings. The SMILES string of the molecule is FC(F)(F)C(F)(F)COCc1cccnc1.FC(F)(F)C(F)(F)COCc1cccnc1.[Cl-].[Cl-].[Pt+2]. The molecule has 35 heavy (non-hydrogen) atoms. The molecule has 0 aliphatic heterocycles. The first-order valence-electron chi connectivity index (χ1n) is 8.48. The Morgan fingerprint density at radius 2 is 0.914 bits per heavy atom. The third-order valence-corrected chi connectivity index (χ3v) is 3.38. The first-order valence-corrected chi connectivity index (χ1v) is 8.48. The van der Waals surface area contributed by atoms with E-state index < -0.39 is 37.4 Å². The van der Waals surface area contributed by atoms with Crippen molar-refractivity contribution in [3.63, 3.8) is 0 Å². The van der Waals surface area contributed by atoms with Crippen molar-refractivity contribution < 1.29 is 99.3 Å². The molecule has 0 aliphatic carbocycles. The normalized spacial score (nSPS) is 11.7. The van der Waals surface area contributed by atoms with Gasteiger partial charge in [0.15, 0.2) is 0 Å². The number of ether oxygens (including phenoxy) is 2. The van der Waals surface area contributed by atoms with Gasteiger partial charge in [0.1, 0.15) is 13.2 Å². The molecule has 0 aromatic carbocycles. The molecule has 2 rings (SSSR count). The predicted octanol–water partition coefficient (Wildman–Crippen LogP) is -0.403. The van der Waals surface area contributed by atoms with E-state index in [0.29, 0.717) is 11.1 Å².